The van der Waals surface area contributed by atoms with Crippen molar-refractivity contribution in [3.05, 3.63) is 119 Å². The molecule has 15 nitrogen and oxygen atoms in total. The Morgan fingerprint density at radius 1 is 0.838 bits per heavy atom. The molecular formula is C64H86N8O7S. The molecule has 1 fully saturated rings. The minimum Gasteiger partial charge on any atom is -0.461 e. The van der Waals surface area contributed by atoms with Crippen molar-refractivity contribution in [1.82, 2.24) is 35.2 Å². The molecule has 5 atom stereocenters. The van der Waals surface area contributed by atoms with Gasteiger partial charge in [-0.2, -0.15) is 0 Å². The van der Waals surface area contributed by atoms with E-state index in [1.807, 2.05) is 95.3 Å². The molecule has 0 aliphatic carbocycles. The lowest BCUT2D eigenvalue weighted by Gasteiger charge is -2.36. The minimum atomic E-state index is -0.970. The molecule has 1 unspecified atom stereocenters. The number of unbranched alkanes of at least 4 members (excludes halogenated alkanes) is 9. The first kappa shape index (κ1) is 61.0. The Morgan fingerprint density at radius 2 is 1.51 bits per heavy atom. The normalized spacial score (nSPS) is 15.6. The van der Waals surface area contributed by atoms with Crippen molar-refractivity contribution in [2.75, 3.05) is 24.7 Å². The van der Waals surface area contributed by atoms with E-state index in [9.17, 15) is 19.2 Å². The van der Waals surface area contributed by atoms with Crippen LogP contribution < -0.4 is 15.5 Å². The number of ether oxygens (including phenoxy) is 2. The topological polar surface area (TPSA) is 174 Å². The Kier molecular flexibility index (Phi) is 22.2. The highest BCUT2D eigenvalue weighted by Gasteiger charge is 2.46. The maximum Gasteiger partial charge on any atom is 0.302 e. The Hall–Kier alpha value is -6.65. The molecule has 4 heterocycles. The highest BCUT2D eigenvalue weighted by molar-refractivity contribution is 7.13. The highest BCUT2D eigenvalue weighted by Crippen LogP contribution is 2.39. The van der Waals surface area contributed by atoms with Crippen LogP contribution in [0, 0.1) is 33.1 Å². The lowest BCUT2D eigenvalue weighted by molar-refractivity contribution is -0.147. The number of anilines is 2. The molecule has 7 rings (SSSR count). The third-order valence-corrected chi connectivity index (χ3v) is 16.4. The molecule has 80 heavy (non-hydrogen) atoms. The number of carbonyl (C=O) groups excluding carboxylic acids is 4. The van der Waals surface area contributed by atoms with Crippen LogP contribution in [-0.4, -0.2) is 92.3 Å². The van der Waals surface area contributed by atoms with Gasteiger partial charge in [0, 0.05) is 61.0 Å². The number of carbonyl (C=O) groups is 4. The number of nitrogens with zero attached hydrogens (tertiary/aromatic N) is 6. The van der Waals surface area contributed by atoms with Gasteiger partial charge in [-0.1, -0.05) is 133 Å². The second-order valence-corrected chi connectivity index (χ2v) is 23.7. The fourth-order valence-corrected chi connectivity index (χ4v) is 11.8. The third-order valence-electron chi connectivity index (χ3n) is 15.4. The molecule has 1 aliphatic heterocycles. The molecule has 3 aromatic heterocycles. The van der Waals surface area contributed by atoms with E-state index in [1.165, 1.54) is 55.2 Å². The molecule has 1 saturated heterocycles. The maximum atomic E-state index is 14.5. The Bertz CT molecular complexity index is 2910. The lowest BCUT2D eigenvalue weighted by Crippen LogP contribution is -2.58. The summed E-state index contributed by atoms with van der Waals surface area (Å²) in [6, 6.07) is 21.6. The molecule has 3 aromatic carbocycles. The summed E-state index contributed by atoms with van der Waals surface area (Å²) in [5.74, 6) is -0.871. The van der Waals surface area contributed by atoms with Gasteiger partial charge < -0.3 is 39.0 Å². The number of likely N-dealkylation sites (tertiary alicyclic amines) is 1. The van der Waals surface area contributed by atoms with E-state index in [0.29, 0.717) is 6.61 Å². The number of esters is 1. The van der Waals surface area contributed by atoms with Gasteiger partial charge >= 0.3 is 5.97 Å². The molecule has 2 N–H and O–H groups in total. The predicted molar refractivity (Wildman–Crippen MR) is 318 cm³/mol. The van der Waals surface area contributed by atoms with E-state index in [2.05, 4.69) is 87.0 Å². The monoisotopic (exact) mass is 1110 g/mol. The van der Waals surface area contributed by atoms with Gasteiger partial charge in [-0.3, -0.25) is 19.2 Å². The lowest BCUT2D eigenvalue weighted by atomic mass is 9.85. The third kappa shape index (κ3) is 16.5. The number of rotatable bonds is 29. The molecule has 16 heteroatoms. The van der Waals surface area contributed by atoms with Crippen LogP contribution in [-0.2, 0) is 28.7 Å². The van der Waals surface area contributed by atoms with Crippen LogP contribution in [0.3, 0.4) is 0 Å². The molecular weight excluding hydrogens is 1020 g/mol. The van der Waals surface area contributed by atoms with Crippen LogP contribution in [0.2, 0.25) is 0 Å². The number of thiazole rings is 1. The highest BCUT2D eigenvalue weighted by atomic mass is 32.1. The molecule has 430 valence electrons. The zero-order valence-corrected chi connectivity index (χ0v) is 49.8. The fraction of sp³-hybridized carbons (Fsp3) is 0.516. The van der Waals surface area contributed by atoms with Crippen molar-refractivity contribution >= 4 is 46.4 Å². The van der Waals surface area contributed by atoms with Crippen molar-refractivity contribution in [3.8, 4) is 27.3 Å². The van der Waals surface area contributed by atoms with Crippen molar-refractivity contribution < 1.29 is 33.2 Å². The van der Waals surface area contributed by atoms with E-state index in [-0.39, 0.29) is 37.6 Å². The van der Waals surface area contributed by atoms with Crippen LogP contribution in [0.5, 0.6) is 0 Å². The van der Waals surface area contributed by atoms with E-state index in [0.717, 1.165) is 107 Å². The van der Waals surface area contributed by atoms with Gasteiger partial charge in [0.15, 0.2) is 0 Å². The molecule has 0 spiro atoms. The number of aryl methyl sites for hydroxylation is 4. The average molecular weight is 1110 g/mol. The first-order valence-electron chi connectivity index (χ1n) is 29.0. The van der Waals surface area contributed by atoms with E-state index in [4.69, 9.17) is 14.0 Å². The molecule has 3 amide bonds. The smallest absolute Gasteiger partial charge is 0.302 e. The van der Waals surface area contributed by atoms with E-state index < -0.39 is 41.4 Å². The molecule has 0 bridgehead atoms. The Labute approximate surface area is 478 Å². The number of hydrogen-bond acceptors (Lipinski definition) is 12. The zero-order chi connectivity index (χ0) is 57.3. The molecule has 6 aromatic rings. The first-order valence-corrected chi connectivity index (χ1v) is 29.9. The van der Waals surface area contributed by atoms with Crippen LogP contribution >= 0.6 is 11.3 Å². The van der Waals surface area contributed by atoms with Gasteiger partial charge in [-0.15, -0.1) is 11.3 Å². The SMILES string of the molecule is CCCCCCCCC(CCCCCCCOCC(=O)N[C@H](C(=O)N1C[C@H](OC(C)=O)C[C@H]1C(=O)N[C@@H](C)c1ccc(-c2scnc2C)cc1)C(C)(C)C)N(c1ccc(-n2ccnc2)cc1)c1cc(-c2c(C)noc2C)ccc1C. The van der Waals surface area contributed by atoms with Gasteiger partial charge in [0.05, 0.1) is 40.7 Å². The number of aromatic nitrogens is 4. The molecule has 1 aliphatic rings. The summed E-state index contributed by atoms with van der Waals surface area (Å²) < 4.78 is 19.1. The van der Waals surface area contributed by atoms with Crippen molar-refractivity contribution in [3.63, 3.8) is 0 Å². The largest absolute Gasteiger partial charge is 0.461 e. The van der Waals surface area contributed by atoms with Gasteiger partial charge in [-0.05, 0) is 112 Å². The van der Waals surface area contributed by atoms with Gasteiger partial charge in [-0.25, -0.2) is 9.97 Å². The molecule has 0 saturated carbocycles. The zero-order valence-electron chi connectivity index (χ0n) is 49.0. The second-order valence-electron chi connectivity index (χ2n) is 22.8. The Balaban J connectivity index is 0.934. The number of benzene rings is 3. The summed E-state index contributed by atoms with van der Waals surface area (Å²) in [5, 5.41) is 10.3. The van der Waals surface area contributed by atoms with Gasteiger partial charge in [0.25, 0.3) is 0 Å². The van der Waals surface area contributed by atoms with Gasteiger partial charge in [0.1, 0.15) is 30.6 Å². The maximum absolute atomic E-state index is 14.5. The average Bonchev–Trinajstić information content (AvgIpc) is 4.30. The van der Waals surface area contributed by atoms with Crippen molar-refractivity contribution in [1.29, 1.82) is 0 Å². The fourth-order valence-electron chi connectivity index (χ4n) is 11.0. The number of nitrogens with one attached hydrogen (secondary N) is 2. The minimum absolute atomic E-state index is 0.0317. The van der Waals surface area contributed by atoms with Crippen LogP contribution in [0.1, 0.15) is 166 Å². The summed E-state index contributed by atoms with van der Waals surface area (Å²) in [7, 11) is 0. The summed E-state index contributed by atoms with van der Waals surface area (Å²) in [6.07, 6.45) is 19.5. The van der Waals surface area contributed by atoms with Crippen molar-refractivity contribution in [2.24, 2.45) is 5.41 Å². The summed E-state index contributed by atoms with van der Waals surface area (Å²) in [5.41, 5.74) is 11.7. The summed E-state index contributed by atoms with van der Waals surface area (Å²) >= 11 is 1.58. The van der Waals surface area contributed by atoms with Crippen molar-refractivity contribution in [2.45, 2.75) is 189 Å². The van der Waals surface area contributed by atoms with Crippen LogP contribution in [0.25, 0.3) is 27.3 Å². The summed E-state index contributed by atoms with van der Waals surface area (Å²) in [4.78, 5) is 68.0. The van der Waals surface area contributed by atoms with E-state index >= 15 is 0 Å². The quantitative estimate of drug-likeness (QED) is 0.0338. The van der Waals surface area contributed by atoms with Crippen LogP contribution in [0.15, 0.2) is 95.5 Å². The number of hydrogen-bond donors (Lipinski definition) is 2. The van der Waals surface area contributed by atoms with E-state index in [1.54, 1.807) is 17.5 Å². The number of imidazole rings is 1. The van der Waals surface area contributed by atoms with Crippen LogP contribution in [0.4, 0.5) is 11.4 Å². The number of amides is 3. The standard InChI is InChI=1S/C64H86N8O7S/c1-11-12-13-14-16-19-22-53(72(54-32-30-52(31-33-54)70-35-34-65-41-70)56-37-51(25-24-43(56)2)59-45(4)69-79-47(59)6)23-20-17-15-18-21-36-77-40-58(74)68-61(64(8,9)10)63(76)71-39-55(78-48(7)73)38-57(71)62(75)67-44(3)49-26-28-50(29-27-49)60-46(5)66-42-80-60/h24-35,37,41-42,44,53,55,57,61H,11-23,36,38-40H2,1-10H3,(H,67,75)(H,68,74)/t44-,53?,55+,57-,61+/m0/s1. The molecule has 0 radical (unpaired) electrons. The summed E-state index contributed by atoms with van der Waals surface area (Å²) in [6.45, 7) is 19.5. The second kappa shape index (κ2) is 29.2. The first-order chi connectivity index (χ1) is 38.4. The predicted octanol–water partition coefficient (Wildman–Crippen LogP) is 13.4. The Morgan fingerprint density at radius 3 is 2.12 bits per heavy atom. The van der Waals surface area contributed by atoms with Gasteiger partial charge in [0.2, 0.25) is 17.7 Å².